The van der Waals surface area contributed by atoms with Crippen LogP contribution in [0.5, 0.6) is 0 Å². The maximum Gasteiger partial charge on any atom is 0.253 e. The van der Waals surface area contributed by atoms with E-state index in [0.29, 0.717) is 32.1 Å². The summed E-state index contributed by atoms with van der Waals surface area (Å²) < 4.78 is 7.24. The smallest absolute Gasteiger partial charge is 0.253 e. The zero-order chi connectivity index (χ0) is 23.5. The average molecular weight is 457 g/mol. The lowest BCUT2D eigenvalue weighted by molar-refractivity contribution is 0.0767. The number of carbonyl (C=O) groups is 1. The van der Waals surface area contributed by atoms with E-state index in [1.165, 1.54) is 0 Å². The molecule has 0 aliphatic carbocycles. The number of carbonyl (C=O) groups excluding carboxylic acids is 1. The Bertz CT molecular complexity index is 1290. The Morgan fingerprint density at radius 3 is 2.41 bits per heavy atom. The number of aryl methyl sites for hydroxylation is 1. The number of fused-ring (bicyclic) bond motifs is 1. The first-order chi connectivity index (χ1) is 16.7. The Hall–Kier alpha value is -3.78. The lowest BCUT2D eigenvalue weighted by atomic mass is 10.2. The van der Waals surface area contributed by atoms with Crippen molar-refractivity contribution in [1.29, 1.82) is 0 Å². The third-order valence-corrected chi connectivity index (χ3v) is 6.11. The van der Waals surface area contributed by atoms with Crippen LogP contribution in [0.4, 0.5) is 5.82 Å². The minimum Gasteiger partial charge on any atom is -0.377 e. The zero-order valence-electron chi connectivity index (χ0n) is 19.5. The molecule has 2 aromatic heterocycles. The second-order valence-electron chi connectivity index (χ2n) is 8.43. The van der Waals surface area contributed by atoms with Gasteiger partial charge in [0.15, 0.2) is 11.5 Å². The summed E-state index contributed by atoms with van der Waals surface area (Å²) in [6.07, 6.45) is 0.857. The molecule has 1 amide bonds. The first kappa shape index (κ1) is 22.0. The van der Waals surface area contributed by atoms with Gasteiger partial charge in [-0.3, -0.25) is 4.79 Å². The molecule has 8 heteroatoms. The second-order valence-corrected chi connectivity index (χ2v) is 8.43. The van der Waals surface area contributed by atoms with Crippen molar-refractivity contribution in [1.82, 2.24) is 24.6 Å². The predicted molar refractivity (Wildman–Crippen MR) is 131 cm³/mol. The first-order valence-corrected chi connectivity index (χ1v) is 11.6. The number of amides is 1. The summed E-state index contributed by atoms with van der Waals surface area (Å²) in [4.78, 5) is 26.9. The van der Waals surface area contributed by atoms with Gasteiger partial charge >= 0.3 is 0 Å². The number of aromatic nitrogens is 4. The molecule has 0 saturated carbocycles. The van der Waals surface area contributed by atoms with Crippen LogP contribution in [0.25, 0.3) is 16.7 Å². The van der Waals surface area contributed by atoms with Gasteiger partial charge in [-0.1, -0.05) is 36.4 Å². The molecule has 3 heterocycles. The number of nitrogens with zero attached hydrogens (tertiary/aromatic N) is 6. The van der Waals surface area contributed by atoms with E-state index in [1.54, 1.807) is 7.11 Å². The van der Waals surface area contributed by atoms with Crippen LogP contribution >= 0.6 is 0 Å². The van der Waals surface area contributed by atoms with Gasteiger partial charge < -0.3 is 14.5 Å². The molecule has 0 bridgehead atoms. The molecular formula is C26H28N6O2. The lowest BCUT2D eigenvalue weighted by Crippen LogP contribution is -2.35. The van der Waals surface area contributed by atoms with Gasteiger partial charge in [0.1, 0.15) is 12.4 Å². The van der Waals surface area contributed by atoms with Crippen LogP contribution in [0.1, 0.15) is 28.3 Å². The van der Waals surface area contributed by atoms with Gasteiger partial charge in [0.05, 0.1) is 16.8 Å². The topological polar surface area (TPSA) is 76.4 Å². The molecule has 34 heavy (non-hydrogen) atoms. The molecule has 0 N–H and O–H groups in total. The van der Waals surface area contributed by atoms with Crippen molar-refractivity contribution in [3.63, 3.8) is 0 Å². The Balaban J connectivity index is 1.50. The fraction of sp³-hybridized carbons (Fsp3) is 0.308. The van der Waals surface area contributed by atoms with Crippen molar-refractivity contribution in [3.05, 3.63) is 77.7 Å². The molecule has 8 nitrogen and oxygen atoms in total. The quantitative estimate of drug-likeness (QED) is 0.457. The zero-order valence-corrected chi connectivity index (χ0v) is 19.5. The summed E-state index contributed by atoms with van der Waals surface area (Å²) in [5.74, 6) is 1.54. The summed E-state index contributed by atoms with van der Waals surface area (Å²) in [6, 6.07) is 19.5. The highest BCUT2D eigenvalue weighted by Gasteiger charge is 2.25. The molecule has 0 spiro atoms. The first-order valence-electron chi connectivity index (χ1n) is 11.6. The average Bonchev–Trinajstić information content (AvgIpc) is 3.04. The molecular weight excluding hydrogens is 428 g/mol. The molecule has 0 radical (unpaired) electrons. The number of ether oxygens (including phenoxy) is 1. The SMILES string of the molecule is COCc1nc(N2CCCN(C(=O)c3ccccc3)CC2)c2c(C)nn(-c3ccccc3)c2n1. The Labute approximate surface area is 198 Å². The van der Waals surface area contributed by atoms with Crippen LogP contribution in [-0.4, -0.2) is 63.8 Å². The maximum absolute atomic E-state index is 13.0. The van der Waals surface area contributed by atoms with Gasteiger partial charge in [-0.25, -0.2) is 14.6 Å². The standard InChI is InChI=1S/C26H28N6O2/c1-19-23-24(30-14-9-15-31(17-16-30)26(33)20-10-5-3-6-11-20)27-22(18-34-2)28-25(23)32(29-19)21-12-7-4-8-13-21/h3-8,10-13H,9,14-18H2,1-2H3. The monoisotopic (exact) mass is 456 g/mol. The van der Waals surface area contributed by atoms with Crippen molar-refractivity contribution >= 4 is 22.8 Å². The van der Waals surface area contributed by atoms with Crippen LogP contribution in [-0.2, 0) is 11.3 Å². The number of hydrogen-bond acceptors (Lipinski definition) is 6. The highest BCUT2D eigenvalue weighted by Crippen LogP contribution is 2.30. The van der Waals surface area contributed by atoms with E-state index in [9.17, 15) is 4.79 Å². The van der Waals surface area contributed by atoms with Crippen LogP contribution < -0.4 is 4.90 Å². The van der Waals surface area contributed by atoms with Gasteiger partial charge in [-0.15, -0.1) is 0 Å². The third-order valence-electron chi connectivity index (χ3n) is 6.11. The Kier molecular flexibility index (Phi) is 6.22. The van der Waals surface area contributed by atoms with Crippen LogP contribution in [0, 0.1) is 6.92 Å². The molecule has 5 rings (SSSR count). The number of methoxy groups -OCH3 is 1. The third kappa shape index (κ3) is 4.24. The largest absolute Gasteiger partial charge is 0.377 e. The van der Waals surface area contributed by atoms with E-state index >= 15 is 0 Å². The number of anilines is 1. The highest BCUT2D eigenvalue weighted by atomic mass is 16.5. The summed E-state index contributed by atoms with van der Waals surface area (Å²) in [6.45, 7) is 5.14. The normalized spacial score (nSPS) is 14.4. The minimum absolute atomic E-state index is 0.0726. The summed E-state index contributed by atoms with van der Waals surface area (Å²) >= 11 is 0. The Morgan fingerprint density at radius 1 is 0.941 bits per heavy atom. The van der Waals surface area contributed by atoms with E-state index in [4.69, 9.17) is 19.8 Å². The van der Waals surface area contributed by atoms with Crippen LogP contribution in [0.15, 0.2) is 60.7 Å². The molecule has 2 aromatic carbocycles. The van der Waals surface area contributed by atoms with Gasteiger partial charge in [-0.05, 0) is 37.6 Å². The molecule has 1 saturated heterocycles. The van der Waals surface area contributed by atoms with Crippen LogP contribution in [0.2, 0.25) is 0 Å². The van der Waals surface area contributed by atoms with Crippen LogP contribution in [0.3, 0.4) is 0 Å². The van der Waals surface area contributed by atoms with Crippen molar-refractivity contribution < 1.29 is 9.53 Å². The molecule has 1 aliphatic rings. The minimum atomic E-state index is 0.0726. The molecule has 0 unspecified atom stereocenters. The molecule has 0 atom stereocenters. The fourth-order valence-corrected chi connectivity index (χ4v) is 4.47. The molecule has 174 valence electrons. The van der Waals surface area contributed by atoms with Crippen molar-refractivity contribution in [2.45, 2.75) is 20.0 Å². The van der Waals surface area contributed by atoms with Gasteiger partial charge in [0, 0.05) is 38.9 Å². The number of hydrogen-bond donors (Lipinski definition) is 0. The summed E-state index contributed by atoms with van der Waals surface area (Å²) in [7, 11) is 1.64. The van der Waals surface area contributed by atoms with Gasteiger partial charge in [-0.2, -0.15) is 5.10 Å². The summed E-state index contributed by atoms with van der Waals surface area (Å²) in [5.41, 5.74) is 3.31. The molecule has 1 aliphatic heterocycles. The number of rotatable bonds is 5. The highest BCUT2D eigenvalue weighted by molar-refractivity contribution is 5.94. The number of para-hydroxylation sites is 1. The van der Waals surface area contributed by atoms with E-state index in [1.807, 2.05) is 77.2 Å². The van der Waals surface area contributed by atoms with Crippen molar-refractivity contribution in [2.24, 2.45) is 0 Å². The summed E-state index contributed by atoms with van der Waals surface area (Å²) in [5, 5.41) is 5.74. The van der Waals surface area contributed by atoms with Crippen molar-refractivity contribution in [3.8, 4) is 5.69 Å². The predicted octanol–water partition coefficient (Wildman–Crippen LogP) is 3.62. The van der Waals surface area contributed by atoms with Gasteiger partial charge in [0.2, 0.25) is 0 Å². The van der Waals surface area contributed by atoms with E-state index in [-0.39, 0.29) is 5.91 Å². The molecule has 4 aromatic rings. The maximum atomic E-state index is 13.0. The second kappa shape index (κ2) is 9.61. The van der Waals surface area contributed by atoms with E-state index in [2.05, 4.69) is 4.90 Å². The Morgan fingerprint density at radius 2 is 1.68 bits per heavy atom. The van der Waals surface area contributed by atoms with Gasteiger partial charge in [0.25, 0.3) is 5.91 Å². The van der Waals surface area contributed by atoms with E-state index in [0.717, 1.165) is 46.8 Å². The lowest BCUT2D eigenvalue weighted by Gasteiger charge is -2.24. The van der Waals surface area contributed by atoms with E-state index < -0.39 is 0 Å². The number of benzene rings is 2. The van der Waals surface area contributed by atoms with Crippen molar-refractivity contribution in [2.75, 3.05) is 38.2 Å². The molecule has 1 fully saturated rings. The fourth-order valence-electron chi connectivity index (χ4n) is 4.47.